The van der Waals surface area contributed by atoms with Gasteiger partial charge in [-0.05, 0) is 53.9 Å². The number of rotatable bonds is 5. The van der Waals surface area contributed by atoms with Crippen LogP contribution in [0.4, 0.5) is 0 Å². The minimum absolute atomic E-state index is 0.0597. The molecule has 18 heavy (non-hydrogen) atoms. The van der Waals surface area contributed by atoms with E-state index in [1.165, 1.54) is 6.42 Å². The van der Waals surface area contributed by atoms with E-state index in [2.05, 4.69) is 59.5 Å². The third-order valence-electron chi connectivity index (χ3n) is 3.76. The highest BCUT2D eigenvalue weighted by Crippen LogP contribution is 2.36. The Labute approximate surface area is 113 Å². The molecule has 0 spiro atoms. The quantitative estimate of drug-likeness (QED) is 0.750. The summed E-state index contributed by atoms with van der Waals surface area (Å²) >= 11 is 0. The van der Waals surface area contributed by atoms with E-state index in [0.29, 0.717) is 6.10 Å². The van der Waals surface area contributed by atoms with Gasteiger partial charge in [-0.3, -0.25) is 0 Å². The Morgan fingerprint density at radius 1 is 1.33 bits per heavy atom. The molecule has 1 saturated heterocycles. The molecule has 1 aliphatic rings. The fourth-order valence-electron chi connectivity index (χ4n) is 2.44. The van der Waals surface area contributed by atoms with Gasteiger partial charge in [0.25, 0.3) is 0 Å². The predicted molar refractivity (Wildman–Crippen MR) is 78.9 cm³/mol. The van der Waals surface area contributed by atoms with Gasteiger partial charge in [0.15, 0.2) is 0 Å². The average Bonchev–Trinajstić information content (AvgIpc) is 2.54. The second kappa shape index (κ2) is 5.34. The van der Waals surface area contributed by atoms with Gasteiger partial charge in [0.1, 0.15) is 0 Å². The van der Waals surface area contributed by atoms with Crippen LogP contribution in [0.15, 0.2) is 12.7 Å². The minimum atomic E-state index is 0.0597. The summed E-state index contributed by atoms with van der Waals surface area (Å²) in [5.41, 5.74) is 0.322. The van der Waals surface area contributed by atoms with Crippen molar-refractivity contribution in [2.45, 2.75) is 78.0 Å². The van der Waals surface area contributed by atoms with E-state index in [-0.39, 0.29) is 16.6 Å². The van der Waals surface area contributed by atoms with Crippen molar-refractivity contribution >= 4 is 0 Å². The van der Waals surface area contributed by atoms with Crippen LogP contribution in [0.25, 0.3) is 0 Å². The van der Waals surface area contributed by atoms with Gasteiger partial charge in [-0.1, -0.05) is 13.0 Å². The molecule has 1 fully saturated rings. The Balaban J connectivity index is 2.53. The summed E-state index contributed by atoms with van der Waals surface area (Å²) in [7, 11) is 0. The molecule has 2 unspecified atom stereocenters. The first-order valence-electron chi connectivity index (χ1n) is 7.12. The summed E-state index contributed by atoms with van der Waals surface area (Å²) in [5.74, 6) is 0. The summed E-state index contributed by atoms with van der Waals surface area (Å²) in [4.78, 5) is 0. The lowest BCUT2D eigenvalue weighted by atomic mass is 9.83. The lowest BCUT2D eigenvalue weighted by molar-refractivity contribution is -0.0293. The number of nitrogens with one attached hydrogen (secondary N) is 1. The highest BCUT2D eigenvalue weighted by Gasteiger charge is 2.35. The summed E-state index contributed by atoms with van der Waals surface area (Å²) in [6, 6.07) is 0. The SMILES string of the molecule is C=CC(C)(CNC(C)(C)C)CC1CCC(C)(C)O1. The van der Waals surface area contributed by atoms with Crippen LogP contribution in [0.3, 0.4) is 0 Å². The van der Waals surface area contributed by atoms with Gasteiger partial charge >= 0.3 is 0 Å². The average molecular weight is 253 g/mol. The molecular formula is C16H31NO. The monoisotopic (exact) mass is 253 g/mol. The Kier molecular flexibility index (Phi) is 4.66. The molecule has 2 nitrogen and oxygen atoms in total. The van der Waals surface area contributed by atoms with Crippen molar-refractivity contribution in [3.8, 4) is 0 Å². The molecule has 0 bridgehead atoms. The first kappa shape index (κ1) is 15.7. The van der Waals surface area contributed by atoms with Crippen LogP contribution in [-0.2, 0) is 4.74 Å². The first-order valence-corrected chi connectivity index (χ1v) is 7.12. The van der Waals surface area contributed by atoms with E-state index >= 15 is 0 Å². The van der Waals surface area contributed by atoms with Crippen LogP contribution in [0.5, 0.6) is 0 Å². The fourth-order valence-corrected chi connectivity index (χ4v) is 2.44. The lowest BCUT2D eigenvalue weighted by Crippen LogP contribution is -2.43. The summed E-state index contributed by atoms with van der Waals surface area (Å²) in [5, 5.41) is 3.58. The van der Waals surface area contributed by atoms with Crippen molar-refractivity contribution in [2.24, 2.45) is 5.41 Å². The Bertz CT molecular complexity index is 290. The zero-order valence-electron chi connectivity index (χ0n) is 13.1. The van der Waals surface area contributed by atoms with Gasteiger partial charge in [0, 0.05) is 17.5 Å². The molecule has 1 aliphatic heterocycles. The summed E-state index contributed by atoms with van der Waals surface area (Å²) in [6.45, 7) is 18.2. The molecule has 106 valence electrons. The van der Waals surface area contributed by atoms with Crippen LogP contribution in [0.1, 0.15) is 60.8 Å². The van der Waals surface area contributed by atoms with E-state index in [4.69, 9.17) is 4.74 Å². The van der Waals surface area contributed by atoms with Crippen molar-refractivity contribution in [3.63, 3.8) is 0 Å². The van der Waals surface area contributed by atoms with E-state index in [0.717, 1.165) is 19.4 Å². The molecule has 0 aliphatic carbocycles. The normalized spacial score (nSPS) is 26.9. The van der Waals surface area contributed by atoms with Crippen LogP contribution < -0.4 is 5.32 Å². The first-order chi connectivity index (χ1) is 8.05. The lowest BCUT2D eigenvalue weighted by Gasteiger charge is -2.33. The van der Waals surface area contributed by atoms with Gasteiger partial charge in [0.2, 0.25) is 0 Å². The molecule has 1 N–H and O–H groups in total. The Morgan fingerprint density at radius 3 is 2.33 bits per heavy atom. The second-order valence-corrected chi connectivity index (χ2v) is 7.70. The van der Waals surface area contributed by atoms with Gasteiger partial charge in [-0.2, -0.15) is 0 Å². The summed E-state index contributed by atoms with van der Waals surface area (Å²) in [6.07, 6.45) is 5.86. The maximum Gasteiger partial charge on any atom is 0.0631 e. The van der Waals surface area contributed by atoms with Crippen molar-refractivity contribution in [2.75, 3.05) is 6.54 Å². The van der Waals surface area contributed by atoms with Gasteiger partial charge in [-0.25, -0.2) is 0 Å². The standard InChI is InChI=1S/C16H31NO/c1-8-16(7,12-17-14(2,3)4)11-13-9-10-15(5,6)18-13/h8,13,17H,1,9-12H2,2-7H3. The molecule has 2 heteroatoms. The molecule has 1 rings (SSSR count). The number of ether oxygens (including phenoxy) is 1. The largest absolute Gasteiger partial charge is 0.372 e. The van der Waals surface area contributed by atoms with Crippen LogP contribution in [0, 0.1) is 5.41 Å². The number of hydrogen-bond donors (Lipinski definition) is 1. The van der Waals surface area contributed by atoms with Crippen molar-refractivity contribution in [3.05, 3.63) is 12.7 Å². The summed E-state index contributed by atoms with van der Waals surface area (Å²) < 4.78 is 6.10. The van der Waals surface area contributed by atoms with Crippen molar-refractivity contribution in [1.29, 1.82) is 0 Å². The molecular weight excluding hydrogens is 222 g/mol. The van der Waals surface area contributed by atoms with Gasteiger partial charge in [0.05, 0.1) is 11.7 Å². The Hall–Kier alpha value is -0.340. The smallest absolute Gasteiger partial charge is 0.0631 e. The van der Waals surface area contributed by atoms with Crippen LogP contribution in [0.2, 0.25) is 0 Å². The Morgan fingerprint density at radius 2 is 1.94 bits per heavy atom. The van der Waals surface area contributed by atoms with E-state index < -0.39 is 0 Å². The van der Waals surface area contributed by atoms with Crippen LogP contribution >= 0.6 is 0 Å². The maximum atomic E-state index is 6.10. The minimum Gasteiger partial charge on any atom is -0.372 e. The van der Waals surface area contributed by atoms with Gasteiger partial charge < -0.3 is 10.1 Å². The molecule has 0 aromatic carbocycles. The third kappa shape index (κ3) is 5.11. The molecule has 2 atom stereocenters. The highest BCUT2D eigenvalue weighted by atomic mass is 16.5. The molecule has 0 amide bonds. The third-order valence-corrected chi connectivity index (χ3v) is 3.76. The molecule has 0 saturated carbocycles. The van der Waals surface area contributed by atoms with E-state index in [1.54, 1.807) is 0 Å². The topological polar surface area (TPSA) is 21.3 Å². The predicted octanol–water partition coefficient (Wildman–Crippen LogP) is 3.91. The fraction of sp³-hybridized carbons (Fsp3) is 0.875. The van der Waals surface area contributed by atoms with E-state index in [1.807, 2.05) is 0 Å². The molecule has 0 aromatic rings. The zero-order chi connectivity index (χ0) is 14.0. The van der Waals surface area contributed by atoms with Crippen molar-refractivity contribution < 1.29 is 4.74 Å². The molecule has 0 aromatic heterocycles. The maximum absolute atomic E-state index is 6.10. The molecule has 0 radical (unpaired) electrons. The zero-order valence-corrected chi connectivity index (χ0v) is 13.1. The van der Waals surface area contributed by atoms with Crippen molar-refractivity contribution in [1.82, 2.24) is 5.32 Å². The number of hydrogen-bond acceptors (Lipinski definition) is 2. The van der Waals surface area contributed by atoms with Gasteiger partial charge in [-0.15, -0.1) is 6.58 Å². The molecule has 1 heterocycles. The highest BCUT2D eigenvalue weighted by molar-refractivity contribution is 4.97. The van der Waals surface area contributed by atoms with E-state index in [9.17, 15) is 0 Å². The second-order valence-electron chi connectivity index (χ2n) is 7.70. The van der Waals surface area contributed by atoms with Crippen LogP contribution in [-0.4, -0.2) is 23.8 Å².